The third-order valence-electron chi connectivity index (χ3n) is 2.91. The van der Waals surface area contributed by atoms with Gasteiger partial charge in [0.2, 0.25) is 0 Å². The third-order valence-corrected chi connectivity index (χ3v) is 2.91. The number of rotatable bonds is 7. The van der Waals surface area contributed by atoms with E-state index in [4.69, 9.17) is 9.84 Å². The van der Waals surface area contributed by atoms with Crippen LogP contribution in [0.1, 0.15) is 67.0 Å². The van der Waals surface area contributed by atoms with Crippen LogP contribution in [0.5, 0.6) is 0 Å². The van der Waals surface area contributed by atoms with Crippen molar-refractivity contribution in [1.29, 1.82) is 0 Å². The Hall–Kier alpha value is -0.940. The maximum atomic E-state index is 7.00. The summed E-state index contributed by atoms with van der Waals surface area (Å²) in [4.78, 5) is 0. The maximum absolute atomic E-state index is 7.00. The molecule has 0 unspecified atom stereocenters. The van der Waals surface area contributed by atoms with E-state index < -0.39 is 0 Å². The van der Waals surface area contributed by atoms with Gasteiger partial charge in [0.05, 0.1) is 17.5 Å². The number of nitrogens with zero attached hydrogens (tertiary/aromatic N) is 2. The van der Waals surface area contributed by atoms with Crippen molar-refractivity contribution in [2.45, 2.75) is 73.3 Å². The monoisotopic (exact) mass is 315 g/mol. The minimum atomic E-state index is 0.0586. The minimum absolute atomic E-state index is 0.0586. The quantitative estimate of drug-likeness (QED) is 0.801. The van der Waals surface area contributed by atoms with E-state index >= 15 is 0 Å². The average Bonchev–Trinajstić information content (AvgIpc) is 2.92. The van der Waals surface area contributed by atoms with E-state index in [0.717, 1.165) is 38.2 Å². The topological polar surface area (TPSA) is 71.0 Å². The lowest BCUT2D eigenvalue weighted by atomic mass is 9.96. The van der Waals surface area contributed by atoms with Gasteiger partial charge in [-0.25, -0.2) is 0 Å². The number of aliphatic hydroxyl groups is 1. The Morgan fingerprint density at radius 3 is 2.09 bits per heavy atom. The van der Waals surface area contributed by atoms with Crippen molar-refractivity contribution >= 4 is 0 Å². The zero-order valence-electron chi connectivity index (χ0n) is 15.8. The predicted octanol–water partition coefficient (Wildman–Crippen LogP) is 3.85. The van der Waals surface area contributed by atoms with Crippen molar-refractivity contribution in [3.8, 4) is 0 Å². The SMILES string of the molecule is CC(C)CCOC(C)(C)CC(C)C.CCc1cn[nH]n1.CO. The molecule has 2 N–H and O–H groups in total. The van der Waals surface area contributed by atoms with E-state index in [1.165, 1.54) is 6.42 Å². The van der Waals surface area contributed by atoms with Gasteiger partial charge in [0.15, 0.2) is 0 Å². The molecule has 0 spiro atoms. The molecule has 0 radical (unpaired) electrons. The molecule has 5 heteroatoms. The molecule has 0 bridgehead atoms. The summed E-state index contributed by atoms with van der Waals surface area (Å²) in [5.74, 6) is 1.46. The van der Waals surface area contributed by atoms with E-state index in [9.17, 15) is 0 Å². The lowest BCUT2D eigenvalue weighted by Crippen LogP contribution is -2.27. The van der Waals surface area contributed by atoms with Crippen LogP contribution in [-0.4, -0.2) is 39.8 Å². The molecule has 0 aliphatic carbocycles. The Bertz CT molecular complexity index is 323. The van der Waals surface area contributed by atoms with Crippen LogP contribution in [0.25, 0.3) is 0 Å². The Morgan fingerprint density at radius 1 is 1.18 bits per heavy atom. The molecule has 0 saturated heterocycles. The number of hydrogen-bond acceptors (Lipinski definition) is 4. The zero-order valence-corrected chi connectivity index (χ0v) is 15.8. The number of aliphatic hydroxyl groups excluding tert-OH is 1. The Labute approximate surface area is 136 Å². The van der Waals surface area contributed by atoms with Gasteiger partial charge < -0.3 is 9.84 Å². The van der Waals surface area contributed by atoms with Crippen LogP contribution >= 0.6 is 0 Å². The van der Waals surface area contributed by atoms with Crippen LogP contribution in [0.4, 0.5) is 0 Å². The van der Waals surface area contributed by atoms with Crippen molar-refractivity contribution in [1.82, 2.24) is 15.4 Å². The highest BCUT2D eigenvalue weighted by Gasteiger charge is 2.19. The Balaban J connectivity index is 0. The third kappa shape index (κ3) is 15.4. The smallest absolute Gasteiger partial charge is 0.0821 e. The van der Waals surface area contributed by atoms with Gasteiger partial charge in [0.25, 0.3) is 0 Å². The van der Waals surface area contributed by atoms with Crippen molar-refractivity contribution in [3.63, 3.8) is 0 Å². The number of nitrogens with one attached hydrogen (secondary N) is 1. The molecule has 0 aliphatic rings. The molecule has 0 amide bonds. The summed E-state index contributed by atoms with van der Waals surface area (Å²) in [6.45, 7) is 16.3. The molecule has 5 nitrogen and oxygen atoms in total. The standard InChI is InChI=1S/C12H26O.C4H7N3.CH4O/c1-10(2)7-8-13-12(5,6)9-11(3)4;1-2-4-3-5-7-6-4;1-2/h10-11H,7-9H2,1-6H3;3H,2H2,1H3,(H,5,6,7);2H,1H3. The summed E-state index contributed by atoms with van der Waals surface area (Å²) in [7, 11) is 1.00. The molecule has 132 valence electrons. The average molecular weight is 316 g/mol. The molecular weight excluding hydrogens is 278 g/mol. The summed E-state index contributed by atoms with van der Waals surface area (Å²) in [5.41, 5.74) is 1.07. The Morgan fingerprint density at radius 2 is 1.77 bits per heavy atom. The molecule has 1 rings (SSSR count). The predicted molar refractivity (Wildman–Crippen MR) is 92.8 cm³/mol. The number of aromatic nitrogens is 3. The van der Waals surface area contributed by atoms with Crippen LogP contribution in [0.15, 0.2) is 6.20 Å². The second-order valence-electron chi connectivity index (χ2n) is 6.70. The number of aryl methyl sites for hydroxylation is 1. The fourth-order valence-corrected chi connectivity index (χ4v) is 2.01. The van der Waals surface area contributed by atoms with Crippen molar-refractivity contribution < 1.29 is 9.84 Å². The molecule has 1 heterocycles. The van der Waals surface area contributed by atoms with Gasteiger partial charge in [-0.1, -0.05) is 34.6 Å². The minimum Gasteiger partial charge on any atom is -0.400 e. The van der Waals surface area contributed by atoms with Gasteiger partial charge in [-0.05, 0) is 44.9 Å². The largest absolute Gasteiger partial charge is 0.400 e. The molecule has 22 heavy (non-hydrogen) atoms. The molecule has 0 aliphatic heterocycles. The lowest BCUT2D eigenvalue weighted by Gasteiger charge is -2.27. The van der Waals surface area contributed by atoms with Crippen LogP contribution < -0.4 is 0 Å². The van der Waals surface area contributed by atoms with Gasteiger partial charge in [-0.15, -0.1) is 0 Å². The van der Waals surface area contributed by atoms with E-state index in [0.29, 0.717) is 5.92 Å². The highest BCUT2D eigenvalue weighted by Crippen LogP contribution is 2.20. The highest BCUT2D eigenvalue weighted by molar-refractivity contribution is 4.87. The first-order chi connectivity index (χ1) is 10.3. The van der Waals surface area contributed by atoms with Crippen molar-refractivity contribution in [2.75, 3.05) is 13.7 Å². The van der Waals surface area contributed by atoms with Crippen molar-refractivity contribution in [3.05, 3.63) is 11.9 Å². The van der Waals surface area contributed by atoms with E-state index in [1.54, 1.807) is 6.20 Å². The fourth-order valence-electron chi connectivity index (χ4n) is 2.01. The molecular formula is C17H37N3O2. The summed E-state index contributed by atoms with van der Waals surface area (Å²) in [6.07, 6.45) is 4.99. The first kappa shape index (κ1) is 23.3. The van der Waals surface area contributed by atoms with Crippen LogP contribution in [0.2, 0.25) is 0 Å². The van der Waals surface area contributed by atoms with Gasteiger partial charge in [-0.2, -0.15) is 15.4 Å². The molecule has 1 aromatic heterocycles. The zero-order chi connectivity index (χ0) is 17.6. The molecule has 1 aromatic rings. The molecule has 0 saturated carbocycles. The maximum Gasteiger partial charge on any atom is 0.0821 e. The lowest BCUT2D eigenvalue weighted by molar-refractivity contribution is -0.0353. The van der Waals surface area contributed by atoms with Crippen LogP contribution in [-0.2, 0) is 11.2 Å². The highest BCUT2D eigenvalue weighted by atomic mass is 16.5. The van der Waals surface area contributed by atoms with E-state index in [1.807, 2.05) is 6.92 Å². The first-order valence-corrected chi connectivity index (χ1v) is 8.20. The van der Waals surface area contributed by atoms with Crippen LogP contribution in [0.3, 0.4) is 0 Å². The molecule has 0 aromatic carbocycles. The number of H-pyrrole nitrogens is 1. The summed E-state index contributed by atoms with van der Waals surface area (Å²) < 4.78 is 5.85. The van der Waals surface area contributed by atoms with Gasteiger partial charge in [-0.3, -0.25) is 0 Å². The number of hydrogen-bond donors (Lipinski definition) is 2. The van der Waals surface area contributed by atoms with E-state index in [2.05, 4.69) is 57.0 Å². The van der Waals surface area contributed by atoms with Crippen LogP contribution in [0, 0.1) is 11.8 Å². The second-order valence-corrected chi connectivity index (χ2v) is 6.70. The van der Waals surface area contributed by atoms with Gasteiger partial charge >= 0.3 is 0 Å². The number of aromatic amines is 1. The van der Waals surface area contributed by atoms with E-state index in [-0.39, 0.29) is 5.60 Å². The summed E-state index contributed by atoms with van der Waals surface area (Å²) in [6, 6.07) is 0. The second kappa shape index (κ2) is 13.7. The van der Waals surface area contributed by atoms with Gasteiger partial charge in [0, 0.05) is 13.7 Å². The summed E-state index contributed by atoms with van der Waals surface area (Å²) >= 11 is 0. The normalized spacial score (nSPS) is 10.9. The number of ether oxygens (including phenoxy) is 1. The first-order valence-electron chi connectivity index (χ1n) is 8.20. The molecule has 0 fully saturated rings. The molecule has 0 atom stereocenters. The Kier molecular flexibility index (Phi) is 14.5. The summed E-state index contributed by atoms with van der Waals surface area (Å²) in [5, 5.41) is 16.9. The fraction of sp³-hybridized carbons (Fsp3) is 0.882. The van der Waals surface area contributed by atoms with Gasteiger partial charge in [0.1, 0.15) is 0 Å². The van der Waals surface area contributed by atoms with Crippen molar-refractivity contribution in [2.24, 2.45) is 11.8 Å².